The second-order valence-corrected chi connectivity index (χ2v) is 6.62. The Balaban J connectivity index is 2.30. The highest BCUT2D eigenvalue weighted by Crippen LogP contribution is 2.30. The van der Waals surface area contributed by atoms with Crippen molar-refractivity contribution >= 4 is 17.6 Å². The first-order chi connectivity index (χ1) is 12.3. The molecule has 2 rings (SSSR count). The van der Waals surface area contributed by atoms with Crippen LogP contribution in [0.15, 0.2) is 47.4 Å². The van der Waals surface area contributed by atoms with Crippen molar-refractivity contribution in [2.45, 2.75) is 37.6 Å². The number of nitrogens with one attached hydrogen (secondary N) is 2. The van der Waals surface area contributed by atoms with Crippen LogP contribution >= 0.6 is 11.9 Å². The topological polar surface area (TPSA) is 73.9 Å². The smallest absolute Gasteiger partial charge is 0.0843 e. The average Bonchev–Trinajstić information content (AvgIpc) is 2.64. The fraction of sp³-hybridized carbons (Fsp3) is 0.350. The fourth-order valence-electron chi connectivity index (χ4n) is 2.71. The molecule has 0 atom stereocenters. The monoisotopic (exact) mass is 354 g/mol. The lowest BCUT2D eigenvalue weighted by molar-refractivity contribution is 0.762. The molecule has 0 spiro atoms. The predicted molar refractivity (Wildman–Crippen MR) is 106 cm³/mol. The Morgan fingerprint density at radius 1 is 1.16 bits per heavy atom. The molecule has 0 aliphatic rings. The van der Waals surface area contributed by atoms with Crippen LogP contribution in [0.3, 0.4) is 0 Å². The van der Waals surface area contributed by atoms with Gasteiger partial charge < -0.3 is 10.6 Å². The fourth-order valence-corrected chi connectivity index (χ4v) is 3.26. The van der Waals surface area contributed by atoms with Gasteiger partial charge in [0.2, 0.25) is 0 Å². The third kappa shape index (κ3) is 6.09. The van der Waals surface area contributed by atoms with E-state index in [9.17, 15) is 0 Å². The van der Waals surface area contributed by atoms with Gasteiger partial charge in [0.25, 0.3) is 0 Å². The van der Waals surface area contributed by atoms with Crippen LogP contribution in [-0.4, -0.2) is 13.1 Å². The van der Waals surface area contributed by atoms with E-state index in [1.54, 1.807) is 0 Å². The summed E-state index contributed by atoms with van der Waals surface area (Å²) in [6.45, 7) is 4.14. The zero-order valence-electron chi connectivity index (χ0n) is 14.7. The summed E-state index contributed by atoms with van der Waals surface area (Å²) in [6, 6.07) is 16.9. The summed E-state index contributed by atoms with van der Waals surface area (Å²) < 4.78 is 0. The Labute approximate surface area is 154 Å². The molecule has 5 heteroatoms. The number of rotatable bonds is 10. The number of nitrogens with zero attached hydrogens (tertiary/aromatic N) is 1. The third-order valence-electron chi connectivity index (χ3n) is 4.00. The number of hydrogen-bond donors (Lipinski definition) is 3. The summed E-state index contributed by atoms with van der Waals surface area (Å²) >= 11 is 1.29. The van der Waals surface area contributed by atoms with Gasteiger partial charge in [-0.1, -0.05) is 43.7 Å². The van der Waals surface area contributed by atoms with E-state index in [0.717, 1.165) is 42.0 Å². The van der Waals surface area contributed by atoms with E-state index in [-0.39, 0.29) is 0 Å². The number of nitrogens with two attached hydrogens (primary N) is 1. The van der Waals surface area contributed by atoms with Crippen molar-refractivity contribution < 1.29 is 0 Å². The molecule has 0 aliphatic carbocycles. The summed E-state index contributed by atoms with van der Waals surface area (Å²) in [5.41, 5.74) is 4.78. The van der Waals surface area contributed by atoms with Gasteiger partial charge in [0.1, 0.15) is 0 Å². The predicted octanol–water partition coefficient (Wildman–Crippen LogP) is 4.07. The lowest BCUT2D eigenvalue weighted by Crippen LogP contribution is -2.14. The van der Waals surface area contributed by atoms with Gasteiger partial charge in [-0.05, 0) is 47.2 Å². The Morgan fingerprint density at radius 3 is 2.64 bits per heavy atom. The number of unbranched alkanes of at least 4 members (excludes halogenated alkanes) is 1. The molecule has 0 radical (unpaired) electrons. The van der Waals surface area contributed by atoms with E-state index in [0.29, 0.717) is 13.1 Å². The van der Waals surface area contributed by atoms with Crippen molar-refractivity contribution in [2.24, 2.45) is 5.14 Å². The lowest BCUT2D eigenvalue weighted by atomic mass is 10.0. The minimum absolute atomic E-state index is 0.343. The molecular weight excluding hydrogens is 328 g/mol. The summed E-state index contributed by atoms with van der Waals surface area (Å²) in [4.78, 5) is 1.08. The minimum Gasteiger partial charge on any atom is -0.385 e. The zero-order chi connectivity index (χ0) is 17.9. The van der Waals surface area contributed by atoms with Crippen LogP contribution in [0, 0.1) is 11.3 Å². The standard InChI is InChI=1S/C20H26N4S/c1-2-3-10-24-19-13-17(15-23-11-9-21)14-20(25-22)18(19)12-16-7-5-4-6-8-16/h4-8,13-14,23-24H,2-3,10-12,15,22H2,1H3. The number of hydrogen-bond acceptors (Lipinski definition) is 5. The summed E-state index contributed by atoms with van der Waals surface area (Å²) in [6.07, 6.45) is 3.14. The van der Waals surface area contributed by atoms with Crippen molar-refractivity contribution in [1.29, 1.82) is 5.26 Å². The maximum absolute atomic E-state index is 8.70. The van der Waals surface area contributed by atoms with Crippen LogP contribution < -0.4 is 15.8 Å². The first-order valence-corrected chi connectivity index (χ1v) is 9.54. The van der Waals surface area contributed by atoms with Gasteiger partial charge in [-0.15, -0.1) is 0 Å². The van der Waals surface area contributed by atoms with Crippen LogP contribution in [0.5, 0.6) is 0 Å². The highest BCUT2D eigenvalue weighted by molar-refractivity contribution is 7.97. The van der Waals surface area contributed by atoms with Gasteiger partial charge in [-0.2, -0.15) is 5.26 Å². The molecule has 0 aliphatic heterocycles. The molecule has 4 N–H and O–H groups in total. The largest absolute Gasteiger partial charge is 0.385 e. The van der Waals surface area contributed by atoms with Gasteiger partial charge in [0.05, 0.1) is 12.6 Å². The highest BCUT2D eigenvalue weighted by Gasteiger charge is 2.12. The molecule has 0 heterocycles. The second-order valence-electron chi connectivity index (χ2n) is 5.94. The van der Waals surface area contributed by atoms with E-state index in [1.165, 1.54) is 23.1 Å². The molecule has 0 fully saturated rings. The first-order valence-electron chi connectivity index (χ1n) is 8.66. The third-order valence-corrected chi connectivity index (χ3v) is 4.62. The van der Waals surface area contributed by atoms with Crippen molar-refractivity contribution in [3.05, 3.63) is 59.2 Å². The number of nitriles is 1. The molecule has 0 saturated heterocycles. The second kappa shape index (κ2) is 10.8. The van der Waals surface area contributed by atoms with Crippen molar-refractivity contribution in [1.82, 2.24) is 5.32 Å². The van der Waals surface area contributed by atoms with E-state index < -0.39 is 0 Å². The van der Waals surface area contributed by atoms with Crippen molar-refractivity contribution in [3.63, 3.8) is 0 Å². The maximum Gasteiger partial charge on any atom is 0.0843 e. The molecule has 132 valence electrons. The molecule has 0 amide bonds. The van der Waals surface area contributed by atoms with E-state index in [4.69, 9.17) is 10.4 Å². The first kappa shape index (κ1) is 19.3. The SMILES string of the molecule is CCCCNc1cc(CNCC#N)cc(SN)c1Cc1ccccc1. The minimum atomic E-state index is 0.343. The van der Waals surface area contributed by atoms with Gasteiger partial charge in [-0.3, -0.25) is 5.14 Å². The van der Waals surface area contributed by atoms with Crippen LogP contribution in [-0.2, 0) is 13.0 Å². The Hall–Kier alpha value is -2.00. The normalized spacial score (nSPS) is 10.4. The molecule has 4 nitrogen and oxygen atoms in total. The van der Waals surface area contributed by atoms with Crippen LogP contribution in [0.25, 0.3) is 0 Å². The summed E-state index contributed by atoms with van der Waals surface area (Å²) in [5.74, 6) is 0. The highest BCUT2D eigenvalue weighted by atomic mass is 32.2. The van der Waals surface area contributed by atoms with E-state index >= 15 is 0 Å². The maximum atomic E-state index is 8.70. The van der Waals surface area contributed by atoms with Gasteiger partial charge in [-0.25, -0.2) is 0 Å². The molecular formula is C20H26N4S. The molecule has 2 aromatic rings. The Bertz CT molecular complexity index is 695. The van der Waals surface area contributed by atoms with Crippen LogP contribution in [0.2, 0.25) is 0 Å². The molecule has 0 saturated carbocycles. The molecule has 25 heavy (non-hydrogen) atoms. The van der Waals surface area contributed by atoms with Crippen LogP contribution in [0.1, 0.15) is 36.5 Å². The quantitative estimate of drug-likeness (QED) is 0.341. The molecule has 0 bridgehead atoms. The summed E-state index contributed by atoms with van der Waals surface area (Å²) in [7, 11) is 0. The van der Waals surface area contributed by atoms with Crippen LogP contribution in [0.4, 0.5) is 5.69 Å². The zero-order valence-corrected chi connectivity index (χ0v) is 15.5. The summed E-state index contributed by atoms with van der Waals surface area (Å²) in [5, 5.41) is 21.4. The van der Waals surface area contributed by atoms with E-state index in [2.05, 4.69) is 60.0 Å². The van der Waals surface area contributed by atoms with E-state index in [1.807, 2.05) is 6.07 Å². The van der Waals surface area contributed by atoms with Gasteiger partial charge in [0, 0.05) is 30.1 Å². The molecule has 2 aromatic carbocycles. The number of anilines is 1. The Kier molecular flexibility index (Phi) is 8.33. The van der Waals surface area contributed by atoms with Crippen molar-refractivity contribution in [3.8, 4) is 6.07 Å². The van der Waals surface area contributed by atoms with Gasteiger partial charge >= 0.3 is 0 Å². The lowest BCUT2D eigenvalue weighted by Gasteiger charge is -2.18. The van der Waals surface area contributed by atoms with Crippen molar-refractivity contribution in [2.75, 3.05) is 18.4 Å². The van der Waals surface area contributed by atoms with Gasteiger partial charge in [0.15, 0.2) is 0 Å². The molecule has 0 unspecified atom stereocenters. The Morgan fingerprint density at radius 2 is 1.96 bits per heavy atom. The molecule has 0 aromatic heterocycles. The number of benzene rings is 2. The average molecular weight is 355 g/mol.